The number of carbonyl (C=O) groups excluding carboxylic acids is 1. The molecule has 0 fully saturated rings. The maximum absolute atomic E-state index is 12.5. The van der Waals surface area contributed by atoms with E-state index in [0.717, 1.165) is 17.1 Å². The Labute approximate surface area is 129 Å². The Morgan fingerprint density at radius 2 is 2.18 bits per heavy atom. The minimum atomic E-state index is -4.39. The Hall–Kier alpha value is -2.33. The van der Waals surface area contributed by atoms with E-state index in [2.05, 4.69) is 22.1 Å². The number of nitrogens with one attached hydrogen (secondary N) is 1. The van der Waals surface area contributed by atoms with Crippen molar-refractivity contribution in [1.82, 2.24) is 10.3 Å². The first kappa shape index (κ1) is 16.0. The van der Waals surface area contributed by atoms with Crippen LogP contribution in [0.25, 0.3) is 0 Å². The number of aromatic nitrogens is 1. The number of hydrogen-bond donors (Lipinski definition) is 1. The molecular weight excluding hydrogens is 313 g/mol. The molecule has 0 aliphatic heterocycles. The molecule has 1 aromatic heterocycles. The van der Waals surface area contributed by atoms with Gasteiger partial charge in [-0.25, -0.2) is 4.98 Å². The molecule has 2 rings (SSSR count). The molecule has 1 aromatic carbocycles. The Morgan fingerprint density at radius 3 is 2.82 bits per heavy atom. The summed E-state index contributed by atoms with van der Waals surface area (Å²) in [5.74, 6) is 4.91. The van der Waals surface area contributed by atoms with E-state index in [9.17, 15) is 18.0 Å². The van der Waals surface area contributed by atoms with Crippen LogP contribution in [0.4, 0.5) is 13.2 Å². The third kappa shape index (κ3) is 4.33. The summed E-state index contributed by atoms with van der Waals surface area (Å²) >= 11 is 1.26. The zero-order chi connectivity index (χ0) is 16.2. The summed E-state index contributed by atoms with van der Waals surface area (Å²) in [6.45, 7) is 1.83. The summed E-state index contributed by atoms with van der Waals surface area (Å²) in [6.07, 6.45) is -2.93. The van der Waals surface area contributed by atoms with E-state index >= 15 is 0 Å². The van der Waals surface area contributed by atoms with Crippen molar-refractivity contribution in [2.24, 2.45) is 0 Å². The van der Waals surface area contributed by atoms with E-state index in [-0.39, 0.29) is 18.0 Å². The summed E-state index contributed by atoms with van der Waals surface area (Å²) in [4.78, 5) is 16.1. The molecule has 114 valence electrons. The van der Waals surface area contributed by atoms with Gasteiger partial charge in [0.15, 0.2) is 0 Å². The smallest absolute Gasteiger partial charge is 0.340 e. The molecule has 0 saturated carbocycles. The number of hydrogen-bond acceptors (Lipinski definition) is 3. The van der Waals surface area contributed by atoms with E-state index in [1.165, 1.54) is 29.7 Å². The molecule has 0 radical (unpaired) electrons. The van der Waals surface area contributed by atoms with Gasteiger partial charge < -0.3 is 5.32 Å². The first-order valence-electron chi connectivity index (χ1n) is 6.23. The highest BCUT2D eigenvalue weighted by Gasteiger charge is 2.30. The normalized spacial score (nSPS) is 10.7. The minimum absolute atomic E-state index is 0.0476. The number of amides is 1. The fourth-order valence-corrected chi connectivity index (χ4v) is 2.29. The van der Waals surface area contributed by atoms with Gasteiger partial charge in [-0.05, 0) is 25.1 Å². The van der Waals surface area contributed by atoms with Crippen molar-refractivity contribution in [3.63, 3.8) is 0 Å². The molecule has 1 amide bonds. The molecule has 0 bridgehead atoms. The second-order valence-electron chi connectivity index (χ2n) is 4.31. The van der Waals surface area contributed by atoms with E-state index in [1.54, 1.807) is 6.92 Å². The number of alkyl halides is 3. The third-order valence-corrected chi connectivity index (χ3v) is 3.52. The van der Waals surface area contributed by atoms with Crippen LogP contribution in [0.2, 0.25) is 0 Å². The number of thiazole rings is 1. The van der Waals surface area contributed by atoms with Crippen molar-refractivity contribution >= 4 is 17.2 Å². The van der Waals surface area contributed by atoms with Crippen LogP contribution in [0, 0.1) is 18.8 Å². The lowest BCUT2D eigenvalue weighted by atomic mass is 10.1. The van der Waals surface area contributed by atoms with Gasteiger partial charge in [0.2, 0.25) is 0 Å². The van der Waals surface area contributed by atoms with Crippen LogP contribution in [0.3, 0.4) is 0 Å². The summed E-state index contributed by atoms with van der Waals surface area (Å²) in [7, 11) is 0. The fourth-order valence-electron chi connectivity index (χ4n) is 1.60. The van der Waals surface area contributed by atoms with Crippen molar-refractivity contribution in [3.05, 3.63) is 51.5 Å². The minimum Gasteiger partial charge on any atom is -0.340 e. The monoisotopic (exact) mass is 324 g/mol. The molecular formula is C15H11F3N2OS. The van der Waals surface area contributed by atoms with E-state index in [0.29, 0.717) is 4.88 Å². The topological polar surface area (TPSA) is 42.0 Å². The Bertz CT molecular complexity index is 741. The molecule has 0 aliphatic carbocycles. The standard InChI is InChI=1S/C15H11F3N2OS/c1-10-20-9-13(22-10)14(21)19-7-3-5-11-4-2-6-12(8-11)15(16,17)18/h2,4,6,8-9H,7H2,1H3,(H,19,21). The van der Waals surface area contributed by atoms with Crippen LogP contribution in [0.5, 0.6) is 0 Å². The van der Waals surface area contributed by atoms with Crippen LogP contribution < -0.4 is 5.32 Å². The van der Waals surface area contributed by atoms with Crippen LogP contribution >= 0.6 is 11.3 Å². The predicted molar refractivity (Wildman–Crippen MR) is 77.5 cm³/mol. The van der Waals surface area contributed by atoms with Crippen LogP contribution in [0.1, 0.15) is 25.8 Å². The molecule has 0 aliphatic rings. The number of carbonyl (C=O) groups is 1. The molecule has 2 aromatic rings. The fraction of sp³-hybridized carbons (Fsp3) is 0.200. The first-order chi connectivity index (χ1) is 10.4. The maximum Gasteiger partial charge on any atom is 0.416 e. The lowest BCUT2D eigenvalue weighted by molar-refractivity contribution is -0.137. The molecule has 0 saturated heterocycles. The zero-order valence-corrected chi connectivity index (χ0v) is 12.3. The predicted octanol–water partition coefficient (Wildman–Crippen LogP) is 3.25. The van der Waals surface area contributed by atoms with E-state index < -0.39 is 11.7 Å². The SMILES string of the molecule is Cc1ncc(C(=O)NCC#Cc2cccc(C(F)(F)F)c2)s1. The average molecular weight is 324 g/mol. The largest absolute Gasteiger partial charge is 0.416 e. The van der Waals surface area contributed by atoms with Gasteiger partial charge in [-0.15, -0.1) is 11.3 Å². The number of rotatable bonds is 2. The summed E-state index contributed by atoms with van der Waals surface area (Å²) in [6, 6.07) is 4.74. The highest BCUT2D eigenvalue weighted by Crippen LogP contribution is 2.29. The highest BCUT2D eigenvalue weighted by molar-refractivity contribution is 7.13. The van der Waals surface area contributed by atoms with E-state index in [4.69, 9.17) is 0 Å². The lowest BCUT2D eigenvalue weighted by Gasteiger charge is -2.05. The lowest BCUT2D eigenvalue weighted by Crippen LogP contribution is -2.22. The zero-order valence-electron chi connectivity index (χ0n) is 11.5. The molecule has 1 N–H and O–H groups in total. The molecule has 3 nitrogen and oxygen atoms in total. The van der Waals surface area contributed by atoms with Crippen LogP contribution in [-0.4, -0.2) is 17.4 Å². The summed E-state index contributed by atoms with van der Waals surface area (Å²) in [5.41, 5.74) is -0.499. The van der Waals surface area contributed by atoms with Gasteiger partial charge in [-0.2, -0.15) is 13.2 Å². The molecule has 7 heteroatoms. The first-order valence-corrected chi connectivity index (χ1v) is 7.04. The van der Waals surface area contributed by atoms with Gasteiger partial charge in [0, 0.05) is 5.56 Å². The van der Waals surface area contributed by atoms with Gasteiger partial charge in [0.1, 0.15) is 4.88 Å². The molecule has 1 heterocycles. The number of nitrogens with zero attached hydrogens (tertiary/aromatic N) is 1. The maximum atomic E-state index is 12.5. The summed E-state index contributed by atoms with van der Waals surface area (Å²) < 4.78 is 37.6. The third-order valence-electron chi connectivity index (χ3n) is 2.61. The Balaban J connectivity index is 1.96. The second kappa shape index (κ2) is 6.62. The number of benzene rings is 1. The van der Waals surface area contributed by atoms with Crippen molar-refractivity contribution < 1.29 is 18.0 Å². The van der Waals surface area contributed by atoms with Gasteiger partial charge in [-0.3, -0.25) is 4.79 Å². The van der Waals surface area contributed by atoms with Crippen molar-refractivity contribution in [3.8, 4) is 11.8 Å². The van der Waals surface area contributed by atoms with Gasteiger partial charge in [0.25, 0.3) is 5.91 Å². The molecule has 0 spiro atoms. The van der Waals surface area contributed by atoms with Crippen molar-refractivity contribution in [2.45, 2.75) is 13.1 Å². The van der Waals surface area contributed by atoms with Crippen LogP contribution in [-0.2, 0) is 6.18 Å². The number of aryl methyl sites for hydroxylation is 1. The van der Waals surface area contributed by atoms with Crippen molar-refractivity contribution in [2.75, 3.05) is 6.54 Å². The molecule has 0 unspecified atom stereocenters. The summed E-state index contributed by atoms with van der Waals surface area (Å²) in [5, 5.41) is 3.34. The van der Waals surface area contributed by atoms with E-state index in [1.807, 2.05) is 0 Å². The molecule has 22 heavy (non-hydrogen) atoms. The average Bonchev–Trinajstić information content (AvgIpc) is 2.89. The Morgan fingerprint density at radius 1 is 1.41 bits per heavy atom. The van der Waals surface area contributed by atoms with Gasteiger partial charge in [0.05, 0.1) is 23.3 Å². The van der Waals surface area contributed by atoms with Crippen LogP contribution in [0.15, 0.2) is 30.5 Å². The second-order valence-corrected chi connectivity index (χ2v) is 5.54. The van der Waals surface area contributed by atoms with Crippen molar-refractivity contribution in [1.29, 1.82) is 0 Å². The van der Waals surface area contributed by atoms with Gasteiger partial charge in [-0.1, -0.05) is 17.9 Å². The highest BCUT2D eigenvalue weighted by atomic mass is 32.1. The van der Waals surface area contributed by atoms with Gasteiger partial charge >= 0.3 is 6.18 Å². The number of halogens is 3. The Kier molecular flexibility index (Phi) is 4.83. The molecule has 0 atom stereocenters. The quantitative estimate of drug-likeness (QED) is 0.862.